The normalized spacial score (nSPS) is 24.0. The first kappa shape index (κ1) is 16.0. The molecule has 0 bridgehead atoms. The molecule has 7 nitrogen and oxygen atoms in total. The van der Waals surface area contributed by atoms with Gasteiger partial charge in [0.25, 0.3) is 0 Å². The van der Waals surface area contributed by atoms with E-state index in [1.807, 2.05) is 18.7 Å². The summed E-state index contributed by atoms with van der Waals surface area (Å²) in [5, 5.41) is 6.07. The fourth-order valence-corrected chi connectivity index (χ4v) is 3.03. The molecule has 2 rings (SSSR count). The number of hydrogen-bond acceptors (Lipinski definition) is 5. The van der Waals surface area contributed by atoms with Gasteiger partial charge >= 0.3 is 6.09 Å². The van der Waals surface area contributed by atoms with E-state index in [-0.39, 0.29) is 11.9 Å². The van der Waals surface area contributed by atoms with Crippen LogP contribution >= 0.6 is 0 Å². The van der Waals surface area contributed by atoms with Crippen LogP contribution in [0.4, 0.5) is 4.79 Å². The van der Waals surface area contributed by atoms with E-state index >= 15 is 0 Å². The van der Waals surface area contributed by atoms with Gasteiger partial charge in [0.1, 0.15) is 0 Å². The van der Waals surface area contributed by atoms with Gasteiger partial charge in [0, 0.05) is 39.3 Å². The highest BCUT2D eigenvalue weighted by molar-refractivity contribution is 5.86. The molecule has 0 saturated carbocycles. The summed E-state index contributed by atoms with van der Waals surface area (Å²) < 4.78 is 4.60. The maximum Gasteiger partial charge on any atom is 0.407 e. The third kappa shape index (κ3) is 3.65. The zero-order valence-corrected chi connectivity index (χ0v) is 13.1. The zero-order valence-electron chi connectivity index (χ0n) is 13.1. The van der Waals surface area contributed by atoms with Gasteiger partial charge in [0.15, 0.2) is 0 Å². The lowest BCUT2D eigenvalue weighted by atomic mass is 9.99. The average molecular weight is 298 g/mol. The molecule has 21 heavy (non-hydrogen) atoms. The molecule has 2 amide bonds. The van der Waals surface area contributed by atoms with E-state index in [2.05, 4.69) is 20.3 Å². The molecule has 7 heteroatoms. The highest BCUT2D eigenvalue weighted by atomic mass is 16.5. The summed E-state index contributed by atoms with van der Waals surface area (Å²) in [5.41, 5.74) is -0.498. The van der Waals surface area contributed by atoms with Crippen LogP contribution in [0.5, 0.6) is 0 Å². The third-order valence-electron chi connectivity index (χ3n) is 4.41. The molecule has 1 atom stereocenters. The van der Waals surface area contributed by atoms with Crippen LogP contribution in [-0.4, -0.2) is 79.8 Å². The molecule has 2 heterocycles. The summed E-state index contributed by atoms with van der Waals surface area (Å²) in [7, 11) is 1.35. The lowest BCUT2D eigenvalue weighted by Crippen LogP contribution is -2.60. The number of methoxy groups -OCH3 is 1. The van der Waals surface area contributed by atoms with Crippen molar-refractivity contribution in [3.05, 3.63) is 0 Å². The number of nitrogens with one attached hydrogen (secondary N) is 2. The van der Waals surface area contributed by atoms with Gasteiger partial charge in [0.05, 0.1) is 18.7 Å². The van der Waals surface area contributed by atoms with E-state index in [0.717, 1.165) is 32.6 Å². The Bertz CT molecular complexity index is 394. The van der Waals surface area contributed by atoms with Gasteiger partial charge in [-0.05, 0) is 20.3 Å². The van der Waals surface area contributed by atoms with Crippen LogP contribution in [0.2, 0.25) is 0 Å². The summed E-state index contributed by atoms with van der Waals surface area (Å²) in [4.78, 5) is 28.1. The molecule has 1 unspecified atom stereocenters. The molecule has 2 saturated heterocycles. The SMILES string of the molecule is COC(=O)NC1CCN(C(=O)C(C)(C)N2CCNCC2)C1. The van der Waals surface area contributed by atoms with Gasteiger partial charge in [-0.2, -0.15) is 0 Å². The number of nitrogens with zero attached hydrogens (tertiary/aromatic N) is 2. The molecule has 2 N–H and O–H groups in total. The van der Waals surface area contributed by atoms with Gasteiger partial charge in [-0.15, -0.1) is 0 Å². The molecular formula is C14H26N4O3. The second-order valence-corrected chi connectivity index (χ2v) is 6.17. The minimum Gasteiger partial charge on any atom is -0.453 e. The standard InChI is InChI=1S/C14H26N4O3/c1-14(2,18-8-5-15-6-9-18)12(19)17-7-4-11(10-17)16-13(20)21-3/h11,15H,4-10H2,1-3H3,(H,16,20). The quantitative estimate of drug-likeness (QED) is 0.743. The van der Waals surface area contributed by atoms with Crippen molar-refractivity contribution in [3.63, 3.8) is 0 Å². The zero-order chi connectivity index (χ0) is 15.5. The van der Waals surface area contributed by atoms with Gasteiger partial charge in [-0.3, -0.25) is 9.69 Å². The smallest absolute Gasteiger partial charge is 0.407 e. The monoisotopic (exact) mass is 298 g/mol. The van der Waals surface area contributed by atoms with E-state index in [9.17, 15) is 9.59 Å². The molecule has 2 aliphatic heterocycles. The Morgan fingerprint density at radius 1 is 1.24 bits per heavy atom. The van der Waals surface area contributed by atoms with Crippen molar-refractivity contribution in [1.82, 2.24) is 20.4 Å². The number of alkyl carbamates (subject to hydrolysis) is 1. The highest BCUT2D eigenvalue weighted by Crippen LogP contribution is 2.21. The third-order valence-corrected chi connectivity index (χ3v) is 4.41. The van der Waals surface area contributed by atoms with E-state index in [0.29, 0.717) is 13.1 Å². The van der Waals surface area contributed by atoms with Gasteiger partial charge in [-0.25, -0.2) is 4.79 Å². The van der Waals surface area contributed by atoms with E-state index in [1.165, 1.54) is 7.11 Å². The highest BCUT2D eigenvalue weighted by Gasteiger charge is 2.40. The molecule has 0 aromatic heterocycles. The molecular weight excluding hydrogens is 272 g/mol. The van der Waals surface area contributed by atoms with Crippen molar-refractivity contribution in [2.24, 2.45) is 0 Å². The number of amides is 2. The number of likely N-dealkylation sites (tertiary alicyclic amines) is 1. The first-order valence-corrected chi connectivity index (χ1v) is 7.55. The van der Waals surface area contributed by atoms with Crippen molar-refractivity contribution in [2.45, 2.75) is 31.8 Å². The summed E-state index contributed by atoms with van der Waals surface area (Å²) in [5.74, 6) is 0.138. The van der Waals surface area contributed by atoms with Crippen LogP contribution in [-0.2, 0) is 9.53 Å². The predicted molar refractivity (Wildman–Crippen MR) is 79.0 cm³/mol. The lowest BCUT2D eigenvalue weighted by Gasteiger charge is -2.41. The Hall–Kier alpha value is -1.34. The van der Waals surface area contributed by atoms with Crippen LogP contribution in [0.3, 0.4) is 0 Å². The Balaban J connectivity index is 1.92. The maximum absolute atomic E-state index is 12.8. The molecule has 0 aromatic rings. The molecule has 0 aliphatic carbocycles. The average Bonchev–Trinajstić information content (AvgIpc) is 2.95. The summed E-state index contributed by atoms with van der Waals surface area (Å²) in [6, 6.07) is -0.0137. The van der Waals surface area contributed by atoms with Gasteiger partial charge in [0.2, 0.25) is 5.91 Å². The number of carbonyl (C=O) groups excluding carboxylic acids is 2. The van der Waals surface area contributed by atoms with Gasteiger partial charge in [-0.1, -0.05) is 0 Å². The summed E-state index contributed by atoms with van der Waals surface area (Å²) in [6.45, 7) is 8.83. The number of hydrogen-bond donors (Lipinski definition) is 2. The van der Waals surface area contributed by atoms with Crippen LogP contribution < -0.4 is 10.6 Å². The second-order valence-electron chi connectivity index (χ2n) is 6.17. The van der Waals surface area contributed by atoms with Crippen molar-refractivity contribution in [2.75, 3.05) is 46.4 Å². The summed E-state index contributed by atoms with van der Waals surface area (Å²) in [6.07, 6.45) is 0.342. The Kier molecular flexibility index (Phi) is 5.05. The minimum atomic E-state index is -0.498. The number of carbonyl (C=O) groups is 2. The fourth-order valence-electron chi connectivity index (χ4n) is 3.03. The topological polar surface area (TPSA) is 73.9 Å². The van der Waals surface area contributed by atoms with Crippen LogP contribution in [0.25, 0.3) is 0 Å². The Labute approximate surface area is 126 Å². The molecule has 120 valence electrons. The van der Waals surface area contributed by atoms with Crippen molar-refractivity contribution >= 4 is 12.0 Å². The first-order valence-electron chi connectivity index (χ1n) is 7.55. The van der Waals surface area contributed by atoms with E-state index in [1.54, 1.807) is 0 Å². The van der Waals surface area contributed by atoms with Crippen LogP contribution in [0.1, 0.15) is 20.3 Å². The molecule has 2 fully saturated rings. The van der Waals surface area contributed by atoms with E-state index in [4.69, 9.17) is 0 Å². The predicted octanol–water partition coefficient (Wildman–Crippen LogP) is -0.373. The first-order chi connectivity index (χ1) is 9.95. The van der Waals surface area contributed by atoms with Crippen molar-refractivity contribution in [3.8, 4) is 0 Å². The Morgan fingerprint density at radius 2 is 1.90 bits per heavy atom. The van der Waals surface area contributed by atoms with Crippen molar-refractivity contribution in [1.29, 1.82) is 0 Å². The number of rotatable bonds is 3. The lowest BCUT2D eigenvalue weighted by molar-refractivity contribution is -0.142. The fraction of sp³-hybridized carbons (Fsp3) is 0.857. The maximum atomic E-state index is 12.8. The largest absolute Gasteiger partial charge is 0.453 e. The summed E-state index contributed by atoms with van der Waals surface area (Å²) >= 11 is 0. The minimum absolute atomic E-state index is 0.0137. The Morgan fingerprint density at radius 3 is 2.52 bits per heavy atom. The van der Waals surface area contributed by atoms with Gasteiger partial charge < -0.3 is 20.3 Å². The van der Waals surface area contributed by atoms with E-state index < -0.39 is 11.6 Å². The number of piperazine rings is 1. The molecule has 0 aromatic carbocycles. The second kappa shape index (κ2) is 6.62. The van der Waals surface area contributed by atoms with Crippen LogP contribution in [0.15, 0.2) is 0 Å². The number of ether oxygens (including phenoxy) is 1. The molecule has 0 radical (unpaired) electrons. The molecule has 2 aliphatic rings. The molecule has 0 spiro atoms. The van der Waals surface area contributed by atoms with Crippen LogP contribution in [0, 0.1) is 0 Å². The van der Waals surface area contributed by atoms with Crippen molar-refractivity contribution < 1.29 is 14.3 Å².